The summed E-state index contributed by atoms with van der Waals surface area (Å²) in [6.07, 6.45) is -4.53. The van der Waals surface area contributed by atoms with Gasteiger partial charge in [-0.25, -0.2) is 0 Å². The van der Waals surface area contributed by atoms with Crippen molar-refractivity contribution in [1.29, 1.82) is 0 Å². The Bertz CT molecular complexity index is 534. The largest absolute Gasteiger partial charge is 0.465 e. The average molecular weight is 276 g/mol. The van der Waals surface area contributed by atoms with Gasteiger partial charge < -0.3 is 4.74 Å². The molecule has 1 aromatic heterocycles. The van der Waals surface area contributed by atoms with Crippen LogP contribution in [0.5, 0.6) is 0 Å². The Hall–Kier alpha value is -1.86. The number of fused-ring (bicyclic) bond motifs is 1. The van der Waals surface area contributed by atoms with Gasteiger partial charge in [-0.05, 0) is 13.3 Å². The lowest BCUT2D eigenvalue weighted by Crippen LogP contribution is -2.17. The molecule has 19 heavy (non-hydrogen) atoms. The van der Waals surface area contributed by atoms with Gasteiger partial charge in [0.15, 0.2) is 11.5 Å². The van der Waals surface area contributed by atoms with E-state index < -0.39 is 35.7 Å². The van der Waals surface area contributed by atoms with Crippen LogP contribution in [0.3, 0.4) is 0 Å². The maximum atomic E-state index is 12.8. The van der Waals surface area contributed by atoms with Crippen molar-refractivity contribution in [3.8, 4) is 0 Å². The van der Waals surface area contributed by atoms with E-state index in [9.17, 15) is 22.8 Å². The molecule has 1 aliphatic rings. The zero-order chi connectivity index (χ0) is 14.2. The first-order valence-electron chi connectivity index (χ1n) is 5.70. The predicted octanol–water partition coefficient (Wildman–Crippen LogP) is 1.59. The van der Waals surface area contributed by atoms with Gasteiger partial charge in [0.2, 0.25) is 0 Å². The van der Waals surface area contributed by atoms with Crippen molar-refractivity contribution in [2.24, 2.45) is 0 Å². The number of rotatable bonds is 3. The number of ether oxygens (including phenoxy) is 1. The van der Waals surface area contributed by atoms with Crippen LogP contribution in [0.2, 0.25) is 0 Å². The highest BCUT2D eigenvalue weighted by Crippen LogP contribution is 2.36. The molecule has 1 heterocycles. The topological polar surface area (TPSA) is 61.2 Å². The summed E-state index contributed by atoms with van der Waals surface area (Å²) in [5.41, 5.74) is -1.46. The second kappa shape index (κ2) is 4.67. The van der Waals surface area contributed by atoms with Crippen molar-refractivity contribution >= 4 is 11.8 Å². The van der Waals surface area contributed by atoms with Gasteiger partial charge >= 0.3 is 12.1 Å². The van der Waals surface area contributed by atoms with Gasteiger partial charge in [0.1, 0.15) is 6.54 Å². The minimum atomic E-state index is -4.70. The zero-order valence-corrected chi connectivity index (χ0v) is 10.1. The van der Waals surface area contributed by atoms with E-state index in [2.05, 4.69) is 9.84 Å². The van der Waals surface area contributed by atoms with E-state index in [0.717, 1.165) is 4.68 Å². The minimum Gasteiger partial charge on any atom is -0.465 e. The maximum Gasteiger partial charge on any atom is 0.435 e. The van der Waals surface area contributed by atoms with E-state index in [0.29, 0.717) is 0 Å². The van der Waals surface area contributed by atoms with Crippen LogP contribution < -0.4 is 0 Å². The maximum absolute atomic E-state index is 12.8. The van der Waals surface area contributed by atoms with Crippen molar-refractivity contribution in [3.05, 3.63) is 17.0 Å². The van der Waals surface area contributed by atoms with Crippen LogP contribution in [-0.2, 0) is 28.7 Å². The summed E-state index contributed by atoms with van der Waals surface area (Å²) in [7, 11) is 0. The molecule has 0 saturated heterocycles. The van der Waals surface area contributed by atoms with Gasteiger partial charge in [0, 0.05) is 6.42 Å². The Balaban J connectivity index is 2.39. The molecule has 104 valence electrons. The molecule has 0 unspecified atom stereocenters. The van der Waals surface area contributed by atoms with E-state index in [-0.39, 0.29) is 25.1 Å². The molecule has 0 amide bonds. The highest BCUT2D eigenvalue weighted by Gasteiger charge is 2.43. The molecular weight excluding hydrogens is 265 g/mol. The third-order valence-corrected chi connectivity index (χ3v) is 2.78. The molecule has 8 heteroatoms. The normalized spacial score (nSPS) is 14.6. The summed E-state index contributed by atoms with van der Waals surface area (Å²) in [6, 6.07) is 0. The fraction of sp³-hybridized carbons (Fsp3) is 0.545. The summed E-state index contributed by atoms with van der Waals surface area (Å²) >= 11 is 0. The van der Waals surface area contributed by atoms with Crippen molar-refractivity contribution in [1.82, 2.24) is 9.78 Å². The lowest BCUT2D eigenvalue weighted by Gasteiger charge is -2.05. The molecule has 1 aliphatic carbocycles. The quantitative estimate of drug-likeness (QED) is 0.787. The Morgan fingerprint density at radius 1 is 1.42 bits per heavy atom. The lowest BCUT2D eigenvalue weighted by atomic mass is 10.2. The number of alkyl halides is 3. The molecule has 0 atom stereocenters. The second-order valence-electron chi connectivity index (χ2n) is 4.05. The van der Waals surface area contributed by atoms with Crippen LogP contribution in [0.25, 0.3) is 0 Å². The number of hydrogen-bond donors (Lipinski definition) is 0. The Labute approximate surface area is 106 Å². The fourth-order valence-electron chi connectivity index (χ4n) is 2.06. The van der Waals surface area contributed by atoms with Crippen LogP contribution in [0.15, 0.2) is 0 Å². The molecule has 0 radical (unpaired) electrons. The van der Waals surface area contributed by atoms with Gasteiger partial charge in [-0.2, -0.15) is 18.3 Å². The Kier molecular flexibility index (Phi) is 3.34. The molecule has 1 aromatic rings. The summed E-state index contributed by atoms with van der Waals surface area (Å²) in [5, 5.41) is 3.35. The minimum absolute atomic E-state index is 0.0130. The highest BCUT2D eigenvalue weighted by atomic mass is 19.4. The van der Waals surface area contributed by atoms with Crippen molar-refractivity contribution < 1.29 is 27.5 Å². The number of carbonyl (C=O) groups excluding carboxylic acids is 2. The zero-order valence-electron chi connectivity index (χ0n) is 10.1. The van der Waals surface area contributed by atoms with E-state index >= 15 is 0 Å². The van der Waals surface area contributed by atoms with Crippen LogP contribution in [0, 0.1) is 0 Å². The molecule has 0 N–H and O–H groups in total. The number of hydrogen-bond acceptors (Lipinski definition) is 4. The first kappa shape index (κ1) is 13.6. The number of esters is 1. The van der Waals surface area contributed by atoms with Crippen LogP contribution >= 0.6 is 0 Å². The lowest BCUT2D eigenvalue weighted by molar-refractivity contribution is -0.146. The van der Waals surface area contributed by atoms with Gasteiger partial charge in [-0.15, -0.1) is 0 Å². The van der Waals surface area contributed by atoms with Crippen molar-refractivity contribution in [3.63, 3.8) is 0 Å². The van der Waals surface area contributed by atoms with E-state index in [4.69, 9.17) is 0 Å². The average Bonchev–Trinajstić information content (AvgIpc) is 2.81. The van der Waals surface area contributed by atoms with Gasteiger partial charge in [-0.3, -0.25) is 14.3 Å². The van der Waals surface area contributed by atoms with Crippen LogP contribution in [0.1, 0.15) is 35.1 Å². The molecule has 0 spiro atoms. The van der Waals surface area contributed by atoms with Gasteiger partial charge in [0.25, 0.3) is 0 Å². The molecule has 0 fully saturated rings. The smallest absolute Gasteiger partial charge is 0.435 e. The van der Waals surface area contributed by atoms with Crippen molar-refractivity contribution in [2.45, 2.75) is 32.5 Å². The number of nitrogens with zero attached hydrogens (tertiary/aromatic N) is 2. The molecule has 5 nitrogen and oxygen atoms in total. The van der Waals surface area contributed by atoms with Crippen molar-refractivity contribution in [2.75, 3.05) is 6.61 Å². The fourth-order valence-corrected chi connectivity index (χ4v) is 2.06. The number of halogens is 3. The van der Waals surface area contributed by atoms with Gasteiger partial charge in [0.05, 0.1) is 17.9 Å². The van der Waals surface area contributed by atoms with E-state index in [1.165, 1.54) is 0 Å². The second-order valence-corrected chi connectivity index (χ2v) is 4.05. The highest BCUT2D eigenvalue weighted by molar-refractivity contribution is 6.01. The molecular formula is C11H11F3N2O3. The monoisotopic (exact) mass is 276 g/mol. The summed E-state index contributed by atoms with van der Waals surface area (Å²) in [5.74, 6) is -1.27. The Morgan fingerprint density at radius 3 is 2.68 bits per heavy atom. The first-order chi connectivity index (χ1) is 8.84. The van der Waals surface area contributed by atoms with E-state index in [1.807, 2.05) is 0 Å². The summed E-state index contributed by atoms with van der Waals surface area (Å²) in [6.45, 7) is 1.31. The third kappa shape index (κ3) is 2.47. The first-order valence-corrected chi connectivity index (χ1v) is 5.70. The third-order valence-electron chi connectivity index (χ3n) is 2.78. The SMILES string of the molecule is CCOC(=O)Cn1nc(C(F)(F)F)c2c1CCC2=O. The molecule has 0 aromatic carbocycles. The summed E-state index contributed by atoms with van der Waals surface area (Å²) in [4.78, 5) is 22.8. The molecule has 0 bridgehead atoms. The Morgan fingerprint density at radius 2 is 2.11 bits per heavy atom. The number of carbonyl (C=O) groups is 2. The number of aromatic nitrogens is 2. The molecule has 0 saturated carbocycles. The predicted molar refractivity (Wildman–Crippen MR) is 56.5 cm³/mol. The number of Topliss-reactive ketones (excluding diaryl/α,β-unsaturated/α-hetero) is 1. The van der Waals surface area contributed by atoms with Crippen LogP contribution in [0.4, 0.5) is 13.2 Å². The molecule has 2 rings (SSSR count). The number of ketones is 1. The molecule has 0 aliphatic heterocycles. The summed E-state index contributed by atoms with van der Waals surface area (Å²) < 4.78 is 43.9. The van der Waals surface area contributed by atoms with Crippen LogP contribution in [-0.4, -0.2) is 28.1 Å². The van der Waals surface area contributed by atoms with Gasteiger partial charge in [-0.1, -0.05) is 0 Å². The van der Waals surface area contributed by atoms with E-state index in [1.54, 1.807) is 6.92 Å². The standard InChI is InChI=1S/C11H11F3N2O3/c1-2-19-8(18)5-16-6-3-4-7(17)9(6)10(15-16)11(12,13)14/h2-5H2,1H3.